The average molecular weight is 390 g/mol. The van der Waals surface area contributed by atoms with Crippen molar-refractivity contribution in [1.29, 1.82) is 0 Å². The molecule has 6 nitrogen and oxygen atoms in total. The highest BCUT2D eigenvalue weighted by molar-refractivity contribution is 7.92. The summed E-state index contributed by atoms with van der Waals surface area (Å²) in [5.74, 6) is -2.80. The molecule has 0 bridgehead atoms. The predicted molar refractivity (Wildman–Crippen MR) is 94.4 cm³/mol. The summed E-state index contributed by atoms with van der Waals surface area (Å²) in [6.07, 6.45) is 6.34. The van der Waals surface area contributed by atoms with Gasteiger partial charge in [-0.25, -0.2) is 17.2 Å². The number of carbonyl (C=O) groups excluding carboxylic acids is 1. The Balaban J connectivity index is 1.83. The highest BCUT2D eigenvalue weighted by atomic mass is 32.2. The van der Waals surface area contributed by atoms with Crippen LogP contribution in [0.5, 0.6) is 0 Å². The van der Waals surface area contributed by atoms with Crippen molar-refractivity contribution in [2.75, 3.05) is 30.3 Å². The summed E-state index contributed by atoms with van der Waals surface area (Å²) >= 11 is 0. The fraction of sp³-hybridized carbons (Fsp3) is 0.588. The van der Waals surface area contributed by atoms with Crippen LogP contribution in [0.25, 0.3) is 0 Å². The van der Waals surface area contributed by atoms with Crippen LogP contribution in [0.2, 0.25) is 0 Å². The van der Waals surface area contributed by atoms with Gasteiger partial charge < -0.3 is 10.1 Å². The van der Waals surface area contributed by atoms with Gasteiger partial charge in [0, 0.05) is 19.2 Å². The van der Waals surface area contributed by atoms with E-state index in [2.05, 4.69) is 5.32 Å². The van der Waals surface area contributed by atoms with Gasteiger partial charge in [0.1, 0.15) is 6.54 Å². The van der Waals surface area contributed by atoms with E-state index in [1.54, 1.807) is 0 Å². The molecule has 1 saturated carbocycles. The number of hydrogen-bond acceptors (Lipinski definition) is 4. The molecule has 1 aliphatic carbocycles. The van der Waals surface area contributed by atoms with Gasteiger partial charge in [0.05, 0.1) is 18.0 Å². The van der Waals surface area contributed by atoms with Crippen LogP contribution < -0.4 is 9.62 Å². The minimum Gasteiger partial charge on any atom is -0.378 e. The Morgan fingerprint density at radius 2 is 1.96 bits per heavy atom. The molecule has 26 heavy (non-hydrogen) atoms. The lowest BCUT2D eigenvalue weighted by molar-refractivity contribution is -0.119. The van der Waals surface area contributed by atoms with Crippen molar-refractivity contribution < 1.29 is 26.7 Å². The third kappa shape index (κ3) is 6.21. The zero-order valence-electron chi connectivity index (χ0n) is 14.7. The summed E-state index contributed by atoms with van der Waals surface area (Å²) in [7, 11) is -3.83. The molecule has 0 saturated heterocycles. The van der Waals surface area contributed by atoms with Crippen molar-refractivity contribution in [3.8, 4) is 0 Å². The van der Waals surface area contributed by atoms with Gasteiger partial charge in [-0.3, -0.25) is 9.10 Å². The molecule has 1 amide bonds. The second-order valence-electron chi connectivity index (χ2n) is 6.35. The molecule has 146 valence electrons. The summed E-state index contributed by atoms with van der Waals surface area (Å²) in [6, 6.07) is 2.68. The summed E-state index contributed by atoms with van der Waals surface area (Å²) < 4.78 is 56.6. The lowest BCUT2D eigenvalue weighted by atomic mass is 10.3. The van der Waals surface area contributed by atoms with Crippen molar-refractivity contribution in [2.24, 2.45) is 0 Å². The summed E-state index contributed by atoms with van der Waals surface area (Å²) in [6.45, 7) is 0.373. The Kier molecular flexibility index (Phi) is 7.33. The van der Waals surface area contributed by atoms with Crippen molar-refractivity contribution >= 4 is 21.6 Å². The molecular formula is C17H24F2N2O4S. The molecule has 0 spiro atoms. The Morgan fingerprint density at radius 3 is 2.58 bits per heavy atom. The monoisotopic (exact) mass is 390 g/mol. The van der Waals surface area contributed by atoms with E-state index in [1.165, 1.54) is 12.8 Å². The number of nitrogens with one attached hydrogen (secondary N) is 1. The van der Waals surface area contributed by atoms with Crippen molar-refractivity contribution in [2.45, 2.75) is 38.2 Å². The average Bonchev–Trinajstić information content (AvgIpc) is 3.07. The zero-order chi connectivity index (χ0) is 19.2. The number of amides is 1. The Labute approximate surface area is 152 Å². The Bertz CT molecular complexity index is 721. The molecule has 0 heterocycles. The fourth-order valence-corrected chi connectivity index (χ4v) is 3.68. The van der Waals surface area contributed by atoms with Gasteiger partial charge in [-0.15, -0.1) is 0 Å². The number of benzene rings is 1. The van der Waals surface area contributed by atoms with Gasteiger partial charge in [0.25, 0.3) is 0 Å². The van der Waals surface area contributed by atoms with Crippen LogP contribution in [-0.4, -0.2) is 46.4 Å². The first-order chi connectivity index (χ1) is 12.3. The smallest absolute Gasteiger partial charge is 0.240 e. The largest absolute Gasteiger partial charge is 0.378 e. The number of halogens is 2. The maximum Gasteiger partial charge on any atom is 0.240 e. The number of rotatable bonds is 9. The molecular weight excluding hydrogens is 366 g/mol. The van der Waals surface area contributed by atoms with Crippen LogP contribution in [-0.2, 0) is 19.6 Å². The van der Waals surface area contributed by atoms with E-state index in [9.17, 15) is 22.0 Å². The lowest BCUT2D eigenvalue weighted by Gasteiger charge is -2.22. The van der Waals surface area contributed by atoms with Crippen LogP contribution >= 0.6 is 0 Å². The molecule has 2 rings (SSSR count). The van der Waals surface area contributed by atoms with E-state index in [0.717, 1.165) is 41.6 Å². The number of carbonyl (C=O) groups is 1. The lowest BCUT2D eigenvalue weighted by Crippen LogP contribution is -2.40. The summed E-state index contributed by atoms with van der Waals surface area (Å²) in [4.78, 5) is 12.0. The van der Waals surface area contributed by atoms with Gasteiger partial charge in [-0.1, -0.05) is 12.8 Å². The van der Waals surface area contributed by atoms with Crippen LogP contribution in [0.3, 0.4) is 0 Å². The molecule has 0 atom stereocenters. The second-order valence-corrected chi connectivity index (χ2v) is 8.26. The maximum atomic E-state index is 13.4. The normalized spacial score (nSPS) is 15.2. The van der Waals surface area contributed by atoms with E-state index >= 15 is 0 Å². The van der Waals surface area contributed by atoms with Crippen LogP contribution in [0.1, 0.15) is 32.1 Å². The number of hydrogen-bond donors (Lipinski definition) is 1. The maximum absolute atomic E-state index is 13.4. The van der Waals surface area contributed by atoms with Crippen molar-refractivity contribution in [1.82, 2.24) is 5.32 Å². The van der Waals surface area contributed by atoms with Crippen LogP contribution in [0.15, 0.2) is 18.2 Å². The van der Waals surface area contributed by atoms with E-state index in [-0.39, 0.29) is 5.69 Å². The molecule has 0 unspecified atom stereocenters. The Hall–Kier alpha value is -1.74. The third-order valence-corrected chi connectivity index (χ3v) is 5.32. The van der Waals surface area contributed by atoms with Crippen molar-refractivity contribution in [3.63, 3.8) is 0 Å². The van der Waals surface area contributed by atoms with Crippen LogP contribution in [0.4, 0.5) is 14.5 Å². The molecule has 1 N–H and O–H groups in total. The van der Waals surface area contributed by atoms with Gasteiger partial charge in [0.2, 0.25) is 15.9 Å². The van der Waals surface area contributed by atoms with Crippen LogP contribution in [0, 0.1) is 11.6 Å². The first-order valence-corrected chi connectivity index (χ1v) is 10.4. The third-order valence-electron chi connectivity index (χ3n) is 4.18. The minimum absolute atomic E-state index is 0.105. The summed E-state index contributed by atoms with van der Waals surface area (Å²) in [5, 5.41) is 2.61. The highest BCUT2D eigenvalue weighted by Gasteiger charge is 2.22. The molecule has 1 fully saturated rings. The van der Waals surface area contributed by atoms with E-state index < -0.39 is 34.1 Å². The molecule has 1 aliphatic rings. The number of anilines is 1. The van der Waals surface area contributed by atoms with Gasteiger partial charge in [-0.2, -0.15) is 0 Å². The van der Waals surface area contributed by atoms with Crippen molar-refractivity contribution in [3.05, 3.63) is 29.8 Å². The molecule has 9 heteroatoms. The Morgan fingerprint density at radius 1 is 1.27 bits per heavy atom. The molecule has 0 aliphatic heterocycles. The van der Waals surface area contributed by atoms with E-state index in [4.69, 9.17) is 4.74 Å². The fourth-order valence-electron chi connectivity index (χ4n) is 2.83. The molecule has 0 aromatic heterocycles. The van der Waals surface area contributed by atoms with Gasteiger partial charge in [0.15, 0.2) is 11.6 Å². The number of sulfonamides is 1. The summed E-state index contributed by atoms with van der Waals surface area (Å²) in [5.41, 5.74) is -0.105. The predicted octanol–water partition coefficient (Wildman–Crippen LogP) is 2.20. The SMILES string of the molecule is CS(=O)(=O)N(CC(=O)NCCCOC1CCCC1)c1ccc(F)c(F)c1. The molecule has 1 aromatic carbocycles. The standard InChI is InChI=1S/C17H24F2N2O4S/c1-26(23,24)21(13-7-8-15(18)16(19)11-13)12-17(22)20-9-4-10-25-14-5-2-3-6-14/h7-8,11,14H,2-6,9-10,12H2,1H3,(H,20,22). The zero-order valence-corrected chi connectivity index (χ0v) is 15.5. The van der Waals surface area contributed by atoms with E-state index in [0.29, 0.717) is 25.7 Å². The first-order valence-electron chi connectivity index (χ1n) is 8.58. The van der Waals surface area contributed by atoms with E-state index in [1.807, 2.05) is 0 Å². The highest BCUT2D eigenvalue weighted by Crippen LogP contribution is 2.21. The van der Waals surface area contributed by atoms with Gasteiger partial charge in [-0.05, 0) is 31.4 Å². The molecule has 1 aromatic rings. The first kappa shape index (κ1) is 20.6. The van der Waals surface area contributed by atoms with Gasteiger partial charge >= 0.3 is 0 Å². The quantitative estimate of drug-likeness (QED) is 0.656. The number of ether oxygens (including phenoxy) is 1. The minimum atomic E-state index is -3.83. The second kappa shape index (κ2) is 9.27. The topological polar surface area (TPSA) is 75.7 Å². The molecule has 0 radical (unpaired) electrons. The number of nitrogens with zero attached hydrogens (tertiary/aromatic N) is 1.